The van der Waals surface area contributed by atoms with Gasteiger partial charge < -0.3 is 16.0 Å². The van der Waals surface area contributed by atoms with Crippen molar-refractivity contribution in [2.75, 3.05) is 51.3 Å². The SMILES string of the molecule is CN1CCN(C)C(CNc2cc(N)cc(S(N)(=O)=O)c2)C1. The zero-order valence-corrected chi connectivity index (χ0v) is 13.2. The molecule has 0 bridgehead atoms. The van der Waals surface area contributed by atoms with E-state index in [1.165, 1.54) is 12.1 Å². The number of sulfonamides is 1. The number of hydrogen-bond acceptors (Lipinski definition) is 6. The fourth-order valence-corrected chi connectivity index (χ4v) is 3.04. The average molecular weight is 313 g/mol. The number of anilines is 2. The van der Waals surface area contributed by atoms with Crippen LogP contribution in [-0.2, 0) is 10.0 Å². The van der Waals surface area contributed by atoms with Crippen LogP contribution in [0.3, 0.4) is 0 Å². The predicted octanol–water partition coefficient (Wildman–Crippen LogP) is -0.426. The molecule has 0 radical (unpaired) electrons. The lowest BCUT2D eigenvalue weighted by Crippen LogP contribution is -2.52. The van der Waals surface area contributed by atoms with Crippen LogP contribution in [0.25, 0.3) is 0 Å². The fourth-order valence-electron chi connectivity index (χ4n) is 2.45. The molecule has 1 aromatic rings. The molecule has 1 atom stereocenters. The molecule has 1 saturated heterocycles. The second-order valence-electron chi connectivity index (χ2n) is 5.61. The number of piperazine rings is 1. The molecule has 0 aliphatic carbocycles. The lowest BCUT2D eigenvalue weighted by atomic mass is 10.2. The van der Waals surface area contributed by atoms with Crippen LogP contribution in [0.4, 0.5) is 11.4 Å². The monoisotopic (exact) mass is 313 g/mol. The molecule has 1 aromatic carbocycles. The zero-order chi connectivity index (χ0) is 15.6. The Bertz CT molecular complexity index is 605. The van der Waals surface area contributed by atoms with Crippen molar-refractivity contribution in [2.45, 2.75) is 10.9 Å². The summed E-state index contributed by atoms with van der Waals surface area (Å²) in [5, 5.41) is 8.40. The second-order valence-corrected chi connectivity index (χ2v) is 7.17. The number of primary sulfonamides is 1. The van der Waals surface area contributed by atoms with Crippen LogP contribution in [0.2, 0.25) is 0 Å². The van der Waals surface area contributed by atoms with Crippen LogP contribution in [-0.4, -0.2) is 64.5 Å². The summed E-state index contributed by atoms with van der Waals surface area (Å²) < 4.78 is 22.8. The molecule has 0 saturated carbocycles. The second kappa shape index (κ2) is 6.18. The molecule has 0 amide bonds. The standard InChI is InChI=1S/C13H23N5O2S/c1-17-3-4-18(2)12(9-17)8-16-11-5-10(14)6-13(7-11)21(15,19)20/h5-7,12,16H,3-4,8-9,14H2,1-2H3,(H2,15,19,20). The highest BCUT2D eigenvalue weighted by Crippen LogP contribution is 2.20. The number of rotatable bonds is 4. The van der Waals surface area contributed by atoms with Crippen molar-refractivity contribution in [1.82, 2.24) is 9.80 Å². The minimum atomic E-state index is -3.75. The van der Waals surface area contributed by atoms with Gasteiger partial charge in [-0.2, -0.15) is 0 Å². The van der Waals surface area contributed by atoms with E-state index in [1.807, 2.05) is 0 Å². The van der Waals surface area contributed by atoms with E-state index in [0.717, 1.165) is 19.6 Å². The van der Waals surface area contributed by atoms with Crippen molar-refractivity contribution < 1.29 is 8.42 Å². The summed E-state index contributed by atoms with van der Waals surface area (Å²) in [7, 11) is 0.439. The maximum absolute atomic E-state index is 11.4. The first-order valence-electron chi connectivity index (χ1n) is 6.82. The summed E-state index contributed by atoms with van der Waals surface area (Å²) in [6, 6.07) is 4.95. The van der Waals surface area contributed by atoms with Gasteiger partial charge in [-0.1, -0.05) is 0 Å². The van der Waals surface area contributed by atoms with Gasteiger partial charge in [0.15, 0.2) is 0 Å². The third-order valence-electron chi connectivity index (χ3n) is 3.78. The lowest BCUT2D eigenvalue weighted by molar-refractivity contribution is 0.122. The van der Waals surface area contributed by atoms with Gasteiger partial charge in [-0.25, -0.2) is 13.6 Å². The van der Waals surface area contributed by atoms with Crippen molar-refractivity contribution in [3.05, 3.63) is 18.2 Å². The smallest absolute Gasteiger partial charge is 0.238 e. The maximum Gasteiger partial charge on any atom is 0.238 e. The molecule has 1 unspecified atom stereocenters. The van der Waals surface area contributed by atoms with Crippen LogP contribution >= 0.6 is 0 Å². The molecule has 118 valence electrons. The molecular weight excluding hydrogens is 290 g/mol. The molecule has 5 N–H and O–H groups in total. The van der Waals surface area contributed by atoms with Crippen LogP contribution < -0.4 is 16.2 Å². The average Bonchev–Trinajstić information content (AvgIpc) is 2.38. The highest BCUT2D eigenvalue weighted by molar-refractivity contribution is 7.89. The Morgan fingerprint density at radius 3 is 2.67 bits per heavy atom. The summed E-state index contributed by atoms with van der Waals surface area (Å²) in [6.45, 7) is 3.76. The van der Waals surface area contributed by atoms with Crippen molar-refractivity contribution in [3.63, 3.8) is 0 Å². The van der Waals surface area contributed by atoms with Crippen LogP contribution in [0, 0.1) is 0 Å². The van der Waals surface area contributed by atoms with E-state index in [0.29, 0.717) is 24.0 Å². The van der Waals surface area contributed by atoms with Crippen LogP contribution in [0.1, 0.15) is 0 Å². The number of benzene rings is 1. The summed E-state index contributed by atoms with van der Waals surface area (Å²) >= 11 is 0. The molecule has 0 aromatic heterocycles. The number of nitrogens with zero attached hydrogens (tertiary/aromatic N) is 2. The molecule has 8 heteroatoms. The van der Waals surface area contributed by atoms with Crippen molar-refractivity contribution in [1.29, 1.82) is 0 Å². The molecular formula is C13H23N5O2S. The summed E-state index contributed by atoms with van der Waals surface area (Å²) in [5.74, 6) is 0. The molecule has 1 aliphatic rings. The summed E-state index contributed by atoms with van der Waals surface area (Å²) in [6.07, 6.45) is 0. The van der Waals surface area contributed by atoms with Crippen LogP contribution in [0.15, 0.2) is 23.1 Å². The van der Waals surface area contributed by atoms with E-state index in [9.17, 15) is 8.42 Å². The van der Waals surface area contributed by atoms with E-state index >= 15 is 0 Å². The fraction of sp³-hybridized carbons (Fsp3) is 0.538. The Morgan fingerprint density at radius 2 is 2.00 bits per heavy atom. The van der Waals surface area contributed by atoms with Gasteiger partial charge in [0, 0.05) is 43.6 Å². The molecule has 1 heterocycles. The zero-order valence-electron chi connectivity index (χ0n) is 12.4. The Balaban J connectivity index is 2.08. The lowest BCUT2D eigenvalue weighted by Gasteiger charge is -2.37. The largest absolute Gasteiger partial charge is 0.399 e. The molecule has 21 heavy (non-hydrogen) atoms. The third kappa shape index (κ3) is 4.31. The van der Waals surface area contributed by atoms with Gasteiger partial charge in [-0.3, -0.25) is 4.90 Å². The van der Waals surface area contributed by atoms with Gasteiger partial charge in [-0.05, 0) is 32.3 Å². The summed E-state index contributed by atoms with van der Waals surface area (Å²) in [4.78, 5) is 4.60. The normalized spacial score (nSPS) is 21.4. The first kappa shape index (κ1) is 16.0. The number of hydrogen-bond donors (Lipinski definition) is 3. The minimum absolute atomic E-state index is 0.0270. The first-order valence-corrected chi connectivity index (χ1v) is 8.36. The van der Waals surface area contributed by atoms with Crippen molar-refractivity contribution in [3.8, 4) is 0 Å². The van der Waals surface area contributed by atoms with Crippen LogP contribution in [0.5, 0.6) is 0 Å². The summed E-state index contributed by atoms with van der Waals surface area (Å²) in [5.41, 5.74) is 6.78. The minimum Gasteiger partial charge on any atom is -0.399 e. The number of nitrogen functional groups attached to an aromatic ring is 1. The topological polar surface area (TPSA) is 105 Å². The quantitative estimate of drug-likeness (QED) is 0.652. The number of nitrogens with one attached hydrogen (secondary N) is 1. The Labute approximate surface area is 125 Å². The predicted molar refractivity (Wildman–Crippen MR) is 84.6 cm³/mol. The first-order chi connectivity index (χ1) is 9.75. The van der Waals surface area contributed by atoms with E-state index in [-0.39, 0.29) is 4.90 Å². The Morgan fingerprint density at radius 1 is 1.29 bits per heavy atom. The Kier molecular flexibility index (Phi) is 4.72. The van der Waals surface area contributed by atoms with Gasteiger partial charge in [-0.15, -0.1) is 0 Å². The molecule has 7 nitrogen and oxygen atoms in total. The van der Waals surface area contributed by atoms with E-state index in [4.69, 9.17) is 10.9 Å². The van der Waals surface area contributed by atoms with Gasteiger partial charge in [0.1, 0.15) is 0 Å². The van der Waals surface area contributed by atoms with Crippen molar-refractivity contribution >= 4 is 21.4 Å². The van der Waals surface area contributed by atoms with E-state index in [2.05, 4.69) is 29.2 Å². The number of likely N-dealkylation sites (N-methyl/N-ethyl adjacent to an activating group) is 2. The van der Waals surface area contributed by atoms with Gasteiger partial charge in [0.05, 0.1) is 4.90 Å². The molecule has 1 aliphatic heterocycles. The number of nitrogens with two attached hydrogens (primary N) is 2. The van der Waals surface area contributed by atoms with E-state index in [1.54, 1.807) is 6.07 Å². The van der Waals surface area contributed by atoms with Gasteiger partial charge >= 0.3 is 0 Å². The maximum atomic E-state index is 11.4. The van der Waals surface area contributed by atoms with E-state index < -0.39 is 10.0 Å². The highest BCUT2D eigenvalue weighted by Gasteiger charge is 2.21. The molecule has 1 fully saturated rings. The molecule has 2 rings (SSSR count). The third-order valence-corrected chi connectivity index (χ3v) is 4.67. The van der Waals surface area contributed by atoms with Gasteiger partial charge in [0.2, 0.25) is 10.0 Å². The Hall–Kier alpha value is -1.35. The van der Waals surface area contributed by atoms with Crippen molar-refractivity contribution in [2.24, 2.45) is 5.14 Å². The highest BCUT2D eigenvalue weighted by atomic mass is 32.2. The molecule has 0 spiro atoms. The van der Waals surface area contributed by atoms with Gasteiger partial charge in [0.25, 0.3) is 0 Å².